The number of nitrogens with zero attached hydrogens (tertiary/aromatic N) is 5. The van der Waals surface area contributed by atoms with Crippen molar-refractivity contribution in [2.24, 2.45) is 0 Å². The minimum atomic E-state index is -0.0739. The summed E-state index contributed by atoms with van der Waals surface area (Å²) in [6.07, 6.45) is 3.51. The number of aromatic nitrogens is 5. The fourth-order valence-electron chi connectivity index (χ4n) is 3.78. The molecule has 1 fully saturated rings. The molecule has 1 N–H and O–H groups in total. The highest BCUT2D eigenvalue weighted by Gasteiger charge is 2.25. The topological polar surface area (TPSA) is 86.9 Å². The van der Waals surface area contributed by atoms with Crippen molar-refractivity contribution >= 4 is 33.4 Å². The number of fused-ring (bicyclic) bond motifs is 5. The van der Waals surface area contributed by atoms with Crippen LogP contribution in [-0.4, -0.2) is 49.5 Å². The summed E-state index contributed by atoms with van der Waals surface area (Å²) in [5.74, 6) is 1.12. The number of benzene rings is 1. The third kappa shape index (κ3) is 3.58. The number of imidazole rings is 1. The fraction of sp³-hybridized carbons (Fsp3) is 0.368. The van der Waals surface area contributed by atoms with Crippen molar-refractivity contribution in [3.8, 4) is 17.1 Å². The molecule has 2 aromatic heterocycles. The molecule has 8 nitrogen and oxygen atoms in total. The molecule has 0 saturated carbocycles. The Morgan fingerprint density at radius 3 is 3.00 bits per heavy atom. The molecule has 0 unspecified atom stereocenters. The zero-order valence-electron chi connectivity index (χ0n) is 15.4. The van der Waals surface area contributed by atoms with Gasteiger partial charge in [-0.05, 0) is 31.0 Å². The van der Waals surface area contributed by atoms with Gasteiger partial charge in [0, 0.05) is 29.3 Å². The van der Waals surface area contributed by atoms with Gasteiger partial charge < -0.3 is 10.1 Å². The van der Waals surface area contributed by atoms with Crippen LogP contribution in [0.15, 0.2) is 29.0 Å². The number of rotatable bonds is 3. The third-order valence-corrected chi connectivity index (χ3v) is 6.00. The molecule has 150 valence electrons. The molecule has 10 heteroatoms. The van der Waals surface area contributed by atoms with E-state index in [4.69, 9.17) is 16.3 Å². The van der Waals surface area contributed by atoms with Crippen molar-refractivity contribution in [1.82, 2.24) is 29.6 Å². The molecule has 5 rings (SSSR count). The lowest BCUT2D eigenvalue weighted by Crippen LogP contribution is -2.39. The molecule has 0 atom stereocenters. The van der Waals surface area contributed by atoms with Crippen molar-refractivity contribution < 1.29 is 9.53 Å². The SMILES string of the molecule is O=C(Cc1nc2n(n1)Cc1c(Cl)ncn1-c1ccc(Br)cc1-2)NC1CCOCC1. The molecule has 2 aliphatic heterocycles. The largest absolute Gasteiger partial charge is 0.381 e. The Kier molecular flexibility index (Phi) is 4.89. The molecule has 0 bridgehead atoms. The Labute approximate surface area is 180 Å². The molecule has 4 heterocycles. The summed E-state index contributed by atoms with van der Waals surface area (Å²) in [4.78, 5) is 21.4. The van der Waals surface area contributed by atoms with E-state index in [0.717, 1.165) is 34.3 Å². The van der Waals surface area contributed by atoms with Gasteiger partial charge in [-0.3, -0.25) is 9.36 Å². The number of hydrogen-bond donors (Lipinski definition) is 1. The van der Waals surface area contributed by atoms with E-state index in [2.05, 4.69) is 36.3 Å². The Bertz CT molecular complexity index is 1090. The number of halogens is 2. The minimum absolute atomic E-state index is 0.0739. The Hall–Kier alpha value is -2.23. The summed E-state index contributed by atoms with van der Waals surface area (Å²) in [5.41, 5.74) is 2.65. The van der Waals surface area contributed by atoms with E-state index in [0.29, 0.717) is 36.6 Å². The van der Waals surface area contributed by atoms with Crippen molar-refractivity contribution in [2.45, 2.75) is 31.8 Å². The van der Waals surface area contributed by atoms with Gasteiger partial charge in [0.2, 0.25) is 5.91 Å². The summed E-state index contributed by atoms with van der Waals surface area (Å²) in [6, 6.07) is 6.10. The number of hydrogen-bond acceptors (Lipinski definition) is 5. The van der Waals surface area contributed by atoms with Crippen LogP contribution in [0.2, 0.25) is 5.15 Å². The number of carbonyl (C=O) groups is 1. The standard InChI is InChI=1S/C19H18BrClN6O2/c20-11-1-2-14-13(7-11)19-24-16(8-17(28)23-12-3-5-29-6-4-12)25-27(19)9-15-18(21)22-10-26(14)15/h1-2,7,10,12H,3-6,8-9H2,(H,23,28). The smallest absolute Gasteiger partial charge is 0.227 e. The van der Waals surface area contributed by atoms with Gasteiger partial charge in [-0.1, -0.05) is 27.5 Å². The van der Waals surface area contributed by atoms with Gasteiger partial charge in [-0.2, -0.15) is 5.10 Å². The van der Waals surface area contributed by atoms with E-state index >= 15 is 0 Å². The van der Waals surface area contributed by atoms with E-state index in [1.54, 1.807) is 11.0 Å². The van der Waals surface area contributed by atoms with Crippen molar-refractivity contribution in [1.29, 1.82) is 0 Å². The first-order valence-electron chi connectivity index (χ1n) is 9.41. The average molecular weight is 478 g/mol. The Morgan fingerprint density at radius 2 is 2.17 bits per heavy atom. The maximum absolute atomic E-state index is 12.5. The van der Waals surface area contributed by atoms with Crippen molar-refractivity contribution in [3.05, 3.63) is 45.7 Å². The Morgan fingerprint density at radius 1 is 1.34 bits per heavy atom. The first-order valence-corrected chi connectivity index (χ1v) is 10.6. The average Bonchev–Trinajstić information content (AvgIpc) is 3.23. The predicted octanol–water partition coefficient (Wildman–Crippen LogP) is 2.75. The maximum Gasteiger partial charge on any atom is 0.227 e. The quantitative estimate of drug-likeness (QED) is 0.490. The molecule has 29 heavy (non-hydrogen) atoms. The molecule has 2 aliphatic rings. The van der Waals surface area contributed by atoms with E-state index in [1.165, 1.54) is 0 Å². The van der Waals surface area contributed by atoms with Crippen LogP contribution in [-0.2, 0) is 22.5 Å². The van der Waals surface area contributed by atoms with Crippen molar-refractivity contribution in [3.63, 3.8) is 0 Å². The molecule has 1 aromatic carbocycles. The van der Waals surface area contributed by atoms with E-state index in [-0.39, 0.29) is 18.4 Å². The summed E-state index contributed by atoms with van der Waals surface area (Å²) in [7, 11) is 0. The van der Waals surface area contributed by atoms with E-state index in [1.807, 2.05) is 22.8 Å². The van der Waals surface area contributed by atoms with Crippen LogP contribution in [0.25, 0.3) is 17.1 Å². The highest BCUT2D eigenvalue weighted by Crippen LogP contribution is 2.34. The minimum Gasteiger partial charge on any atom is -0.381 e. The zero-order chi connectivity index (χ0) is 20.0. The van der Waals surface area contributed by atoms with Gasteiger partial charge >= 0.3 is 0 Å². The molecule has 0 spiro atoms. The van der Waals surface area contributed by atoms with Gasteiger partial charge in [-0.25, -0.2) is 14.6 Å². The lowest BCUT2D eigenvalue weighted by atomic mass is 10.1. The highest BCUT2D eigenvalue weighted by molar-refractivity contribution is 9.10. The van der Waals surface area contributed by atoms with Gasteiger partial charge in [0.25, 0.3) is 0 Å². The summed E-state index contributed by atoms with van der Waals surface area (Å²) < 4.78 is 10.0. The van der Waals surface area contributed by atoms with Gasteiger partial charge in [-0.15, -0.1) is 0 Å². The molecular weight excluding hydrogens is 460 g/mol. The fourth-order valence-corrected chi connectivity index (χ4v) is 4.33. The molecule has 0 aliphatic carbocycles. The van der Waals surface area contributed by atoms with Gasteiger partial charge in [0.1, 0.15) is 6.33 Å². The van der Waals surface area contributed by atoms with Crippen molar-refractivity contribution in [2.75, 3.05) is 13.2 Å². The van der Waals surface area contributed by atoms with E-state index < -0.39 is 0 Å². The first-order chi connectivity index (χ1) is 14.1. The molecule has 1 saturated heterocycles. The van der Waals surface area contributed by atoms with E-state index in [9.17, 15) is 4.79 Å². The lowest BCUT2D eigenvalue weighted by Gasteiger charge is -2.22. The van der Waals surface area contributed by atoms with Crippen LogP contribution in [0, 0.1) is 0 Å². The number of amides is 1. The summed E-state index contributed by atoms with van der Waals surface area (Å²) in [5, 5.41) is 8.09. The number of ether oxygens (including phenoxy) is 1. The number of carbonyl (C=O) groups excluding carboxylic acids is 1. The maximum atomic E-state index is 12.5. The summed E-state index contributed by atoms with van der Waals surface area (Å²) >= 11 is 9.85. The second kappa shape index (κ2) is 7.55. The first kappa shape index (κ1) is 18.8. The van der Waals surface area contributed by atoms with Crippen LogP contribution in [0.3, 0.4) is 0 Å². The van der Waals surface area contributed by atoms with Crippen LogP contribution < -0.4 is 5.32 Å². The zero-order valence-corrected chi connectivity index (χ0v) is 17.8. The highest BCUT2D eigenvalue weighted by atomic mass is 79.9. The number of nitrogens with one attached hydrogen (secondary N) is 1. The molecular formula is C19H18BrClN6O2. The van der Waals surface area contributed by atoms with Crippen LogP contribution >= 0.6 is 27.5 Å². The van der Waals surface area contributed by atoms with Crippen LogP contribution in [0.1, 0.15) is 24.4 Å². The lowest BCUT2D eigenvalue weighted by molar-refractivity contribution is -0.121. The van der Waals surface area contributed by atoms with Gasteiger partial charge in [0.05, 0.1) is 24.3 Å². The Balaban J connectivity index is 1.47. The molecule has 1 amide bonds. The third-order valence-electron chi connectivity index (χ3n) is 5.19. The monoisotopic (exact) mass is 476 g/mol. The van der Waals surface area contributed by atoms with Gasteiger partial charge in [0.15, 0.2) is 16.8 Å². The molecule has 3 aromatic rings. The van der Waals surface area contributed by atoms with Crippen LogP contribution in [0.5, 0.6) is 0 Å². The van der Waals surface area contributed by atoms with Crippen LogP contribution in [0.4, 0.5) is 0 Å². The summed E-state index contributed by atoms with van der Waals surface area (Å²) in [6.45, 7) is 1.79. The predicted molar refractivity (Wildman–Crippen MR) is 110 cm³/mol. The second-order valence-corrected chi connectivity index (χ2v) is 8.43. The normalized spacial score (nSPS) is 15.9. The second-order valence-electron chi connectivity index (χ2n) is 7.15. The molecule has 0 radical (unpaired) electrons.